The van der Waals surface area contributed by atoms with E-state index in [0.29, 0.717) is 0 Å². The summed E-state index contributed by atoms with van der Waals surface area (Å²) in [5.74, 6) is 0. The van der Waals surface area contributed by atoms with Gasteiger partial charge in [0.2, 0.25) is 0 Å². The van der Waals surface area contributed by atoms with Crippen LogP contribution in [0.5, 0.6) is 0 Å². The van der Waals surface area contributed by atoms with Crippen LogP contribution in [0.25, 0.3) is 0 Å². The van der Waals surface area contributed by atoms with Crippen molar-refractivity contribution >= 4 is 5.69 Å². The molecule has 1 rings (SSSR count). The van der Waals surface area contributed by atoms with Crippen molar-refractivity contribution in [1.29, 1.82) is 0 Å². The first-order chi connectivity index (χ1) is 6.34. The molecule has 13 heavy (non-hydrogen) atoms. The van der Waals surface area contributed by atoms with E-state index in [2.05, 4.69) is 55.3 Å². The molecule has 0 aliphatic rings. The van der Waals surface area contributed by atoms with Crippen molar-refractivity contribution in [3.05, 3.63) is 42.5 Å². The molecule has 0 N–H and O–H groups in total. The van der Waals surface area contributed by atoms with Crippen LogP contribution in [-0.2, 0) is 0 Å². The van der Waals surface area contributed by atoms with E-state index in [1.807, 2.05) is 6.07 Å². The number of rotatable bonds is 4. The molecule has 0 aromatic heterocycles. The van der Waals surface area contributed by atoms with Gasteiger partial charge in [-0.05, 0) is 25.5 Å². The monoisotopic (exact) mass is 175 g/mol. The Morgan fingerprint density at radius 1 is 1.23 bits per heavy atom. The van der Waals surface area contributed by atoms with Gasteiger partial charge in [-0.25, -0.2) is 0 Å². The first-order valence-corrected chi connectivity index (χ1v) is 4.72. The zero-order valence-corrected chi connectivity index (χ0v) is 8.40. The molecule has 0 radical (unpaired) electrons. The Morgan fingerprint density at radius 2 is 1.92 bits per heavy atom. The highest BCUT2D eigenvalue weighted by molar-refractivity contribution is 5.44. The van der Waals surface area contributed by atoms with Gasteiger partial charge in [-0.15, -0.1) is 0 Å². The molecule has 0 saturated carbocycles. The molecule has 0 fully saturated rings. The number of para-hydroxylation sites is 1. The third-order valence-corrected chi connectivity index (χ3v) is 2.06. The van der Waals surface area contributed by atoms with Gasteiger partial charge in [-0.3, -0.25) is 0 Å². The SMILES string of the molecule is C/C=C/CCN(C)c1ccccc1. The Hall–Kier alpha value is -1.24. The van der Waals surface area contributed by atoms with E-state index in [9.17, 15) is 0 Å². The van der Waals surface area contributed by atoms with Gasteiger partial charge in [0.15, 0.2) is 0 Å². The van der Waals surface area contributed by atoms with E-state index in [1.54, 1.807) is 0 Å². The average Bonchev–Trinajstić information content (AvgIpc) is 2.19. The summed E-state index contributed by atoms with van der Waals surface area (Å²) in [7, 11) is 2.12. The Kier molecular flexibility index (Phi) is 4.10. The Morgan fingerprint density at radius 3 is 2.54 bits per heavy atom. The van der Waals surface area contributed by atoms with Crippen LogP contribution in [0.15, 0.2) is 42.5 Å². The maximum Gasteiger partial charge on any atom is 0.0363 e. The van der Waals surface area contributed by atoms with Crippen LogP contribution >= 0.6 is 0 Å². The van der Waals surface area contributed by atoms with Crippen LogP contribution in [0, 0.1) is 0 Å². The summed E-state index contributed by atoms with van der Waals surface area (Å²) >= 11 is 0. The molecule has 70 valence electrons. The number of benzene rings is 1. The number of allylic oxidation sites excluding steroid dienone is 1. The quantitative estimate of drug-likeness (QED) is 0.636. The molecule has 1 nitrogen and oxygen atoms in total. The standard InChI is InChI=1S/C12H17N/c1-3-4-8-11-13(2)12-9-6-5-7-10-12/h3-7,9-10H,8,11H2,1-2H3/b4-3+. The minimum absolute atomic E-state index is 1.08. The second-order valence-electron chi connectivity index (χ2n) is 3.11. The van der Waals surface area contributed by atoms with E-state index in [-0.39, 0.29) is 0 Å². The number of hydrogen-bond donors (Lipinski definition) is 0. The van der Waals surface area contributed by atoms with Gasteiger partial charge in [-0.2, -0.15) is 0 Å². The van der Waals surface area contributed by atoms with E-state index >= 15 is 0 Å². The van der Waals surface area contributed by atoms with E-state index < -0.39 is 0 Å². The fraction of sp³-hybridized carbons (Fsp3) is 0.333. The fourth-order valence-electron chi connectivity index (χ4n) is 1.25. The van der Waals surface area contributed by atoms with Gasteiger partial charge < -0.3 is 4.90 Å². The molecule has 1 aromatic carbocycles. The molecule has 0 aliphatic heterocycles. The third-order valence-electron chi connectivity index (χ3n) is 2.06. The molecule has 0 heterocycles. The van der Waals surface area contributed by atoms with Crippen LogP contribution in [0.4, 0.5) is 5.69 Å². The molecule has 0 atom stereocenters. The fourth-order valence-corrected chi connectivity index (χ4v) is 1.25. The third kappa shape index (κ3) is 3.32. The van der Waals surface area contributed by atoms with E-state index in [0.717, 1.165) is 13.0 Å². The minimum atomic E-state index is 1.08. The summed E-state index contributed by atoms with van der Waals surface area (Å²) in [6.07, 6.45) is 5.40. The van der Waals surface area contributed by atoms with Gasteiger partial charge in [0, 0.05) is 19.3 Å². The normalized spacial score (nSPS) is 10.6. The molecular weight excluding hydrogens is 158 g/mol. The average molecular weight is 175 g/mol. The van der Waals surface area contributed by atoms with Crippen molar-refractivity contribution in [2.24, 2.45) is 0 Å². The smallest absolute Gasteiger partial charge is 0.0363 e. The van der Waals surface area contributed by atoms with Crippen LogP contribution in [0.3, 0.4) is 0 Å². The first kappa shape index (κ1) is 9.85. The molecule has 0 spiro atoms. The number of nitrogens with zero attached hydrogens (tertiary/aromatic N) is 1. The second-order valence-corrected chi connectivity index (χ2v) is 3.11. The molecule has 0 aliphatic carbocycles. The molecule has 0 amide bonds. The Balaban J connectivity index is 2.44. The van der Waals surface area contributed by atoms with Crippen molar-refractivity contribution in [3.8, 4) is 0 Å². The Bertz CT molecular complexity index is 251. The zero-order chi connectivity index (χ0) is 9.52. The first-order valence-electron chi connectivity index (χ1n) is 4.72. The van der Waals surface area contributed by atoms with E-state index in [4.69, 9.17) is 0 Å². The molecule has 0 saturated heterocycles. The molecule has 0 bridgehead atoms. The van der Waals surface area contributed by atoms with Gasteiger partial charge >= 0.3 is 0 Å². The predicted molar refractivity (Wildman–Crippen MR) is 59.1 cm³/mol. The van der Waals surface area contributed by atoms with Crippen LogP contribution in [-0.4, -0.2) is 13.6 Å². The molecule has 1 heteroatoms. The maximum absolute atomic E-state index is 2.26. The lowest BCUT2D eigenvalue weighted by atomic mass is 10.3. The summed E-state index contributed by atoms with van der Waals surface area (Å²) in [5.41, 5.74) is 1.28. The van der Waals surface area contributed by atoms with Crippen molar-refractivity contribution in [3.63, 3.8) is 0 Å². The molecular formula is C12H17N. The summed E-state index contributed by atoms with van der Waals surface area (Å²) in [6, 6.07) is 10.5. The van der Waals surface area contributed by atoms with E-state index in [1.165, 1.54) is 5.69 Å². The minimum Gasteiger partial charge on any atom is -0.374 e. The van der Waals surface area contributed by atoms with Crippen LogP contribution in [0.2, 0.25) is 0 Å². The van der Waals surface area contributed by atoms with Crippen molar-refractivity contribution in [2.75, 3.05) is 18.5 Å². The molecule has 1 aromatic rings. The second kappa shape index (κ2) is 5.41. The summed E-state index contributed by atoms with van der Waals surface area (Å²) in [4.78, 5) is 2.26. The van der Waals surface area contributed by atoms with Crippen molar-refractivity contribution in [1.82, 2.24) is 0 Å². The van der Waals surface area contributed by atoms with Gasteiger partial charge in [0.25, 0.3) is 0 Å². The van der Waals surface area contributed by atoms with Gasteiger partial charge in [-0.1, -0.05) is 30.4 Å². The van der Waals surface area contributed by atoms with Crippen LogP contribution < -0.4 is 4.90 Å². The highest BCUT2D eigenvalue weighted by atomic mass is 15.1. The largest absolute Gasteiger partial charge is 0.374 e. The summed E-state index contributed by atoms with van der Waals surface area (Å²) in [5, 5.41) is 0. The molecule has 0 unspecified atom stereocenters. The predicted octanol–water partition coefficient (Wildman–Crippen LogP) is 3.09. The van der Waals surface area contributed by atoms with Gasteiger partial charge in [0.05, 0.1) is 0 Å². The topological polar surface area (TPSA) is 3.24 Å². The zero-order valence-electron chi connectivity index (χ0n) is 8.40. The lowest BCUT2D eigenvalue weighted by molar-refractivity contribution is 0.898. The lowest BCUT2D eigenvalue weighted by Gasteiger charge is -2.17. The number of anilines is 1. The summed E-state index contributed by atoms with van der Waals surface area (Å²) < 4.78 is 0. The highest BCUT2D eigenvalue weighted by Crippen LogP contribution is 2.10. The van der Waals surface area contributed by atoms with Gasteiger partial charge in [0.1, 0.15) is 0 Å². The maximum atomic E-state index is 2.26. The van der Waals surface area contributed by atoms with Crippen molar-refractivity contribution < 1.29 is 0 Å². The lowest BCUT2D eigenvalue weighted by Crippen LogP contribution is -2.17. The summed E-state index contributed by atoms with van der Waals surface area (Å²) in [6.45, 7) is 3.14. The number of hydrogen-bond acceptors (Lipinski definition) is 1. The Labute approximate surface area is 80.7 Å². The highest BCUT2D eigenvalue weighted by Gasteiger charge is 1.96. The van der Waals surface area contributed by atoms with Crippen molar-refractivity contribution in [2.45, 2.75) is 13.3 Å². The van der Waals surface area contributed by atoms with Crippen LogP contribution in [0.1, 0.15) is 13.3 Å².